The molecule has 1 amide bonds. The van der Waals surface area contributed by atoms with Crippen LogP contribution in [0.2, 0.25) is 0 Å². The van der Waals surface area contributed by atoms with Gasteiger partial charge < -0.3 is 14.8 Å². The fourth-order valence-corrected chi connectivity index (χ4v) is 3.14. The van der Waals surface area contributed by atoms with Crippen molar-refractivity contribution >= 4 is 11.7 Å². The van der Waals surface area contributed by atoms with Crippen LogP contribution in [0.3, 0.4) is 0 Å². The predicted octanol–water partition coefficient (Wildman–Crippen LogP) is 2.23. The van der Waals surface area contributed by atoms with E-state index in [2.05, 4.69) is 10.4 Å². The van der Waals surface area contributed by atoms with E-state index in [9.17, 15) is 14.7 Å². The topological polar surface area (TPSA) is 97.4 Å². The molecule has 146 valence electrons. The number of furan rings is 1. The minimum Gasteiger partial charge on any atom is -0.469 e. The molecule has 2 heterocycles. The molecule has 3 rings (SSSR count). The van der Waals surface area contributed by atoms with Gasteiger partial charge in [-0.15, -0.1) is 0 Å². The van der Waals surface area contributed by atoms with Crippen molar-refractivity contribution in [3.63, 3.8) is 0 Å². The van der Waals surface area contributed by atoms with Crippen LogP contribution in [0.15, 0.2) is 53.1 Å². The Bertz CT molecular complexity index is 946. The molecule has 1 aromatic carbocycles. The van der Waals surface area contributed by atoms with Gasteiger partial charge in [-0.2, -0.15) is 5.10 Å². The third-order valence-corrected chi connectivity index (χ3v) is 4.60. The summed E-state index contributed by atoms with van der Waals surface area (Å²) in [6.07, 6.45) is 2.03. The number of hydrogen-bond donors (Lipinski definition) is 2. The van der Waals surface area contributed by atoms with Crippen molar-refractivity contribution in [2.45, 2.75) is 20.3 Å². The van der Waals surface area contributed by atoms with Gasteiger partial charge in [0.2, 0.25) is 0 Å². The number of aliphatic hydroxyl groups excluding tert-OH is 1. The molecule has 0 bridgehead atoms. The van der Waals surface area contributed by atoms with E-state index in [4.69, 9.17) is 4.42 Å². The first kappa shape index (κ1) is 19.6. The van der Waals surface area contributed by atoms with E-state index < -0.39 is 11.7 Å². The fourth-order valence-electron chi connectivity index (χ4n) is 3.14. The van der Waals surface area contributed by atoms with Crippen LogP contribution in [0.25, 0.3) is 5.69 Å². The van der Waals surface area contributed by atoms with Gasteiger partial charge in [0.05, 0.1) is 28.9 Å². The van der Waals surface area contributed by atoms with Crippen molar-refractivity contribution in [2.75, 3.05) is 13.2 Å². The first-order chi connectivity index (χ1) is 13.5. The number of amides is 1. The molecule has 2 N–H and O–H groups in total. The predicted molar refractivity (Wildman–Crippen MR) is 103 cm³/mol. The van der Waals surface area contributed by atoms with Gasteiger partial charge in [-0.1, -0.05) is 18.2 Å². The zero-order valence-corrected chi connectivity index (χ0v) is 15.9. The number of para-hydroxylation sites is 1. The summed E-state index contributed by atoms with van der Waals surface area (Å²) in [4.78, 5) is 25.1. The standard InChI is InChI=1S/C21H23N3O4/c1-14-19(15(2)24(23-14)17-7-4-3-5-8-17)20(26)21(27)22-12-16(13-25)11-18-9-6-10-28-18/h3-10,16,25H,11-13H2,1-2H3,(H,22,27)/t16-/m0/s1. The van der Waals surface area contributed by atoms with Gasteiger partial charge in [0.15, 0.2) is 0 Å². The number of Topliss-reactive ketones (excluding diaryl/α,β-unsaturated/α-hetero) is 1. The molecule has 0 spiro atoms. The number of benzene rings is 1. The van der Waals surface area contributed by atoms with Crippen LogP contribution in [0, 0.1) is 19.8 Å². The van der Waals surface area contributed by atoms with E-state index in [1.165, 1.54) is 0 Å². The molecule has 7 nitrogen and oxygen atoms in total. The van der Waals surface area contributed by atoms with Gasteiger partial charge in [-0.25, -0.2) is 4.68 Å². The Morgan fingerprint density at radius 3 is 2.57 bits per heavy atom. The number of ketones is 1. The zero-order valence-electron chi connectivity index (χ0n) is 15.9. The van der Waals surface area contributed by atoms with Crippen LogP contribution in [0.4, 0.5) is 0 Å². The van der Waals surface area contributed by atoms with E-state index in [0.29, 0.717) is 23.4 Å². The highest BCUT2D eigenvalue weighted by atomic mass is 16.3. The second-order valence-electron chi connectivity index (χ2n) is 6.66. The molecule has 0 saturated carbocycles. The summed E-state index contributed by atoms with van der Waals surface area (Å²) in [5.74, 6) is -0.865. The van der Waals surface area contributed by atoms with Crippen molar-refractivity contribution < 1.29 is 19.1 Å². The van der Waals surface area contributed by atoms with Crippen LogP contribution in [-0.4, -0.2) is 39.7 Å². The third kappa shape index (κ3) is 4.20. The molecule has 0 unspecified atom stereocenters. The molecule has 0 radical (unpaired) electrons. The normalized spacial score (nSPS) is 12.0. The number of aryl methyl sites for hydroxylation is 1. The number of hydrogen-bond acceptors (Lipinski definition) is 5. The van der Waals surface area contributed by atoms with Crippen LogP contribution < -0.4 is 5.32 Å². The minimum absolute atomic E-state index is 0.126. The van der Waals surface area contributed by atoms with E-state index in [1.54, 1.807) is 36.9 Å². The molecule has 0 saturated heterocycles. The average molecular weight is 381 g/mol. The zero-order chi connectivity index (χ0) is 20.1. The molecular weight excluding hydrogens is 358 g/mol. The van der Waals surface area contributed by atoms with E-state index in [1.807, 2.05) is 30.3 Å². The van der Waals surface area contributed by atoms with Crippen LogP contribution in [0.1, 0.15) is 27.5 Å². The number of nitrogens with one attached hydrogen (secondary N) is 1. The molecule has 28 heavy (non-hydrogen) atoms. The fraction of sp³-hybridized carbons (Fsp3) is 0.286. The van der Waals surface area contributed by atoms with Gasteiger partial charge in [-0.05, 0) is 38.1 Å². The summed E-state index contributed by atoms with van der Waals surface area (Å²) in [6.45, 7) is 3.52. The maximum Gasteiger partial charge on any atom is 0.292 e. The van der Waals surface area contributed by atoms with Crippen molar-refractivity contribution in [3.8, 4) is 5.69 Å². The maximum atomic E-state index is 12.7. The number of carbonyl (C=O) groups is 2. The van der Waals surface area contributed by atoms with Crippen molar-refractivity contribution in [1.29, 1.82) is 0 Å². The number of rotatable bonds is 8. The molecule has 2 aromatic heterocycles. The highest BCUT2D eigenvalue weighted by Gasteiger charge is 2.25. The Morgan fingerprint density at radius 2 is 1.93 bits per heavy atom. The van der Waals surface area contributed by atoms with Gasteiger partial charge in [0.1, 0.15) is 5.76 Å². The van der Waals surface area contributed by atoms with Gasteiger partial charge in [-0.3, -0.25) is 9.59 Å². The summed E-state index contributed by atoms with van der Waals surface area (Å²) >= 11 is 0. The molecule has 1 atom stereocenters. The van der Waals surface area contributed by atoms with Crippen LogP contribution in [-0.2, 0) is 11.2 Å². The van der Waals surface area contributed by atoms with Crippen molar-refractivity contribution in [2.24, 2.45) is 5.92 Å². The second kappa shape index (κ2) is 8.67. The smallest absolute Gasteiger partial charge is 0.292 e. The van der Waals surface area contributed by atoms with Crippen LogP contribution in [0.5, 0.6) is 0 Å². The van der Waals surface area contributed by atoms with Gasteiger partial charge >= 0.3 is 0 Å². The quantitative estimate of drug-likeness (QED) is 0.461. The maximum absolute atomic E-state index is 12.7. The lowest BCUT2D eigenvalue weighted by atomic mass is 10.0. The molecule has 0 aliphatic heterocycles. The van der Waals surface area contributed by atoms with Gasteiger partial charge in [0.25, 0.3) is 11.7 Å². The van der Waals surface area contributed by atoms with E-state index in [-0.39, 0.29) is 19.1 Å². The number of carbonyl (C=O) groups excluding carboxylic acids is 2. The van der Waals surface area contributed by atoms with Crippen molar-refractivity contribution in [3.05, 3.63) is 71.4 Å². The summed E-state index contributed by atoms with van der Waals surface area (Å²) in [5.41, 5.74) is 2.23. The number of nitrogens with zero attached hydrogens (tertiary/aromatic N) is 2. The average Bonchev–Trinajstić information content (AvgIpc) is 3.32. The van der Waals surface area contributed by atoms with E-state index >= 15 is 0 Å². The van der Waals surface area contributed by atoms with Crippen LogP contribution >= 0.6 is 0 Å². The summed E-state index contributed by atoms with van der Waals surface area (Å²) < 4.78 is 6.92. The SMILES string of the molecule is Cc1nn(-c2ccccc2)c(C)c1C(=O)C(=O)NC[C@@H](CO)Cc1ccco1. The highest BCUT2D eigenvalue weighted by molar-refractivity contribution is 6.43. The van der Waals surface area contributed by atoms with E-state index in [0.717, 1.165) is 11.4 Å². The molecule has 0 aliphatic rings. The number of aromatic nitrogens is 2. The first-order valence-electron chi connectivity index (χ1n) is 9.08. The Balaban J connectivity index is 1.69. The molecule has 3 aromatic rings. The minimum atomic E-state index is -0.711. The van der Waals surface area contributed by atoms with Crippen molar-refractivity contribution in [1.82, 2.24) is 15.1 Å². The molecular formula is C21H23N3O4. The Labute approximate surface area is 163 Å². The molecule has 0 aliphatic carbocycles. The first-order valence-corrected chi connectivity index (χ1v) is 9.08. The lowest BCUT2D eigenvalue weighted by Gasteiger charge is -2.13. The summed E-state index contributed by atoms with van der Waals surface area (Å²) in [6, 6.07) is 13.0. The molecule has 0 fully saturated rings. The Kier molecular flexibility index (Phi) is 6.06. The lowest BCUT2D eigenvalue weighted by molar-refractivity contribution is -0.117. The third-order valence-electron chi connectivity index (χ3n) is 4.60. The lowest BCUT2D eigenvalue weighted by Crippen LogP contribution is -2.36. The molecule has 7 heteroatoms. The highest BCUT2D eigenvalue weighted by Crippen LogP contribution is 2.18. The summed E-state index contributed by atoms with van der Waals surface area (Å²) in [7, 11) is 0. The Hall–Kier alpha value is -3.19. The number of aliphatic hydroxyl groups is 1. The largest absolute Gasteiger partial charge is 0.469 e. The second-order valence-corrected chi connectivity index (χ2v) is 6.66. The monoisotopic (exact) mass is 381 g/mol. The Morgan fingerprint density at radius 1 is 1.18 bits per heavy atom. The van der Waals surface area contributed by atoms with Gasteiger partial charge in [0, 0.05) is 25.5 Å². The summed E-state index contributed by atoms with van der Waals surface area (Å²) in [5, 5.41) is 16.5.